The number of hydrogen-bond donors (Lipinski definition) is 1. The minimum Gasteiger partial charge on any atom is -0.494 e. The van der Waals surface area contributed by atoms with Gasteiger partial charge >= 0.3 is 0 Å². The van der Waals surface area contributed by atoms with Gasteiger partial charge in [0.15, 0.2) is 5.82 Å². The third kappa shape index (κ3) is 3.12. The predicted molar refractivity (Wildman–Crippen MR) is 72.7 cm³/mol. The summed E-state index contributed by atoms with van der Waals surface area (Å²) in [5, 5.41) is 3.93. The molecule has 0 amide bonds. The van der Waals surface area contributed by atoms with Crippen LogP contribution in [0.3, 0.4) is 0 Å². The summed E-state index contributed by atoms with van der Waals surface area (Å²) < 4.78 is 10.6. The maximum Gasteiger partial charge on any atom is 0.257 e. The Labute approximate surface area is 112 Å². The van der Waals surface area contributed by atoms with Gasteiger partial charge in [-0.3, -0.25) is 0 Å². The van der Waals surface area contributed by atoms with Crippen LogP contribution in [0.5, 0.6) is 5.75 Å². The van der Waals surface area contributed by atoms with Gasteiger partial charge in [-0.2, -0.15) is 4.98 Å². The lowest BCUT2D eigenvalue weighted by atomic mass is 10.1. The van der Waals surface area contributed by atoms with Crippen LogP contribution in [-0.2, 0) is 0 Å². The largest absolute Gasteiger partial charge is 0.494 e. The smallest absolute Gasteiger partial charge is 0.257 e. The third-order valence-electron chi connectivity index (χ3n) is 2.87. The number of nitrogens with zero attached hydrogens (tertiary/aromatic N) is 2. The van der Waals surface area contributed by atoms with Gasteiger partial charge in [0.25, 0.3) is 5.89 Å². The SMILES string of the molecule is CCOc1ccc(-c2nc(C(N)C(C)C)no2)cc1. The summed E-state index contributed by atoms with van der Waals surface area (Å²) in [6.07, 6.45) is 0. The van der Waals surface area contributed by atoms with E-state index in [1.807, 2.05) is 45.0 Å². The van der Waals surface area contributed by atoms with Gasteiger partial charge in [-0.1, -0.05) is 19.0 Å². The van der Waals surface area contributed by atoms with Crippen molar-refractivity contribution in [1.82, 2.24) is 10.1 Å². The van der Waals surface area contributed by atoms with Gasteiger partial charge in [0.05, 0.1) is 12.6 Å². The van der Waals surface area contributed by atoms with Crippen molar-refractivity contribution in [1.29, 1.82) is 0 Å². The Morgan fingerprint density at radius 2 is 1.95 bits per heavy atom. The summed E-state index contributed by atoms with van der Waals surface area (Å²) in [7, 11) is 0. The zero-order valence-electron chi connectivity index (χ0n) is 11.5. The molecule has 1 heterocycles. The highest BCUT2D eigenvalue weighted by atomic mass is 16.5. The maximum absolute atomic E-state index is 5.99. The number of ether oxygens (including phenoxy) is 1. The van der Waals surface area contributed by atoms with Gasteiger partial charge in [0.1, 0.15) is 5.75 Å². The molecule has 1 aromatic heterocycles. The lowest BCUT2D eigenvalue weighted by molar-refractivity contribution is 0.340. The molecule has 1 aromatic carbocycles. The van der Waals surface area contributed by atoms with Crippen LogP contribution in [0.4, 0.5) is 0 Å². The summed E-state index contributed by atoms with van der Waals surface area (Å²) >= 11 is 0. The molecule has 1 atom stereocenters. The fourth-order valence-corrected chi connectivity index (χ4v) is 1.65. The summed E-state index contributed by atoms with van der Waals surface area (Å²) in [6, 6.07) is 7.34. The number of aromatic nitrogens is 2. The minimum atomic E-state index is -0.208. The topological polar surface area (TPSA) is 74.2 Å². The molecule has 102 valence electrons. The van der Waals surface area contributed by atoms with Crippen molar-refractivity contribution in [3.8, 4) is 17.2 Å². The zero-order chi connectivity index (χ0) is 13.8. The van der Waals surface area contributed by atoms with Gasteiger partial charge in [-0.05, 0) is 37.1 Å². The highest BCUT2D eigenvalue weighted by Crippen LogP contribution is 2.23. The van der Waals surface area contributed by atoms with Crippen LogP contribution in [0.1, 0.15) is 32.6 Å². The Hall–Kier alpha value is -1.88. The van der Waals surface area contributed by atoms with Crippen molar-refractivity contribution < 1.29 is 9.26 Å². The Bertz CT molecular complexity index is 520. The van der Waals surface area contributed by atoms with E-state index >= 15 is 0 Å². The molecular formula is C14H19N3O2. The lowest BCUT2D eigenvalue weighted by Gasteiger charge is -2.09. The standard InChI is InChI=1S/C14H19N3O2/c1-4-18-11-7-5-10(6-8-11)14-16-13(17-19-14)12(15)9(2)3/h5-9,12H,4,15H2,1-3H3. The molecule has 0 saturated carbocycles. The van der Waals surface area contributed by atoms with Crippen molar-refractivity contribution in [2.24, 2.45) is 11.7 Å². The van der Waals surface area contributed by atoms with Crippen molar-refractivity contribution in [3.63, 3.8) is 0 Å². The number of rotatable bonds is 5. The van der Waals surface area contributed by atoms with Crippen LogP contribution in [0.25, 0.3) is 11.5 Å². The normalized spacial score (nSPS) is 12.7. The molecule has 2 aromatic rings. The van der Waals surface area contributed by atoms with Crippen LogP contribution in [0.15, 0.2) is 28.8 Å². The first-order chi connectivity index (χ1) is 9.11. The first-order valence-electron chi connectivity index (χ1n) is 6.44. The van der Waals surface area contributed by atoms with Gasteiger partial charge in [0.2, 0.25) is 0 Å². The molecule has 0 radical (unpaired) electrons. The summed E-state index contributed by atoms with van der Waals surface area (Å²) in [5.74, 6) is 2.11. The van der Waals surface area contributed by atoms with E-state index in [0.29, 0.717) is 18.3 Å². The first-order valence-corrected chi connectivity index (χ1v) is 6.44. The Kier molecular flexibility index (Phi) is 4.16. The van der Waals surface area contributed by atoms with Crippen molar-refractivity contribution in [2.45, 2.75) is 26.8 Å². The summed E-state index contributed by atoms with van der Waals surface area (Å²) in [4.78, 5) is 4.33. The monoisotopic (exact) mass is 261 g/mol. The molecule has 0 aliphatic rings. The van der Waals surface area contributed by atoms with Crippen LogP contribution in [0.2, 0.25) is 0 Å². The molecule has 2 rings (SSSR count). The van der Waals surface area contributed by atoms with Gasteiger partial charge in [-0.25, -0.2) is 0 Å². The number of nitrogens with two attached hydrogens (primary N) is 1. The van der Waals surface area contributed by atoms with E-state index < -0.39 is 0 Å². The molecule has 19 heavy (non-hydrogen) atoms. The zero-order valence-corrected chi connectivity index (χ0v) is 11.5. The van der Waals surface area contributed by atoms with E-state index in [0.717, 1.165) is 11.3 Å². The van der Waals surface area contributed by atoms with Crippen LogP contribution < -0.4 is 10.5 Å². The van der Waals surface area contributed by atoms with Gasteiger partial charge < -0.3 is 15.0 Å². The molecule has 5 nitrogen and oxygen atoms in total. The van der Waals surface area contributed by atoms with E-state index in [1.165, 1.54) is 0 Å². The molecule has 0 aliphatic heterocycles. The van der Waals surface area contributed by atoms with Gasteiger partial charge in [-0.15, -0.1) is 0 Å². The van der Waals surface area contributed by atoms with E-state index in [9.17, 15) is 0 Å². The van der Waals surface area contributed by atoms with Crippen LogP contribution in [0, 0.1) is 5.92 Å². The molecule has 0 bridgehead atoms. The Balaban J connectivity index is 2.18. The molecule has 5 heteroatoms. The minimum absolute atomic E-state index is 0.208. The second-order valence-corrected chi connectivity index (χ2v) is 4.68. The van der Waals surface area contributed by atoms with E-state index in [4.69, 9.17) is 15.0 Å². The van der Waals surface area contributed by atoms with E-state index in [2.05, 4.69) is 10.1 Å². The van der Waals surface area contributed by atoms with E-state index in [-0.39, 0.29) is 12.0 Å². The number of hydrogen-bond acceptors (Lipinski definition) is 5. The molecular weight excluding hydrogens is 242 g/mol. The van der Waals surface area contributed by atoms with Crippen LogP contribution in [-0.4, -0.2) is 16.7 Å². The maximum atomic E-state index is 5.99. The highest BCUT2D eigenvalue weighted by Gasteiger charge is 2.18. The molecule has 2 N–H and O–H groups in total. The molecule has 0 fully saturated rings. The Morgan fingerprint density at radius 3 is 2.53 bits per heavy atom. The second kappa shape index (κ2) is 5.84. The molecule has 0 aliphatic carbocycles. The fraction of sp³-hybridized carbons (Fsp3) is 0.429. The molecule has 1 unspecified atom stereocenters. The van der Waals surface area contributed by atoms with Crippen LogP contribution >= 0.6 is 0 Å². The lowest BCUT2D eigenvalue weighted by Crippen LogP contribution is -2.18. The van der Waals surface area contributed by atoms with Crippen molar-refractivity contribution >= 4 is 0 Å². The average molecular weight is 261 g/mol. The average Bonchev–Trinajstić information content (AvgIpc) is 2.88. The predicted octanol–water partition coefficient (Wildman–Crippen LogP) is 2.79. The van der Waals surface area contributed by atoms with Crippen molar-refractivity contribution in [3.05, 3.63) is 30.1 Å². The first kappa shape index (κ1) is 13.5. The van der Waals surface area contributed by atoms with Gasteiger partial charge in [0, 0.05) is 5.56 Å². The summed E-state index contributed by atoms with van der Waals surface area (Å²) in [6.45, 7) is 6.65. The molecule has 0 saturated heterocycles. The fourth-order valence-electron chi connectivity index (χ4n) is 1.65. The second-order valence-electron chi connectivity index (χ2n) is 4.68. The quantitative estimate of drug-likeness (QED) is 0.895. The Morgan fingerprint density at radius 1 is 1.26 bits per heavy atom. The highest BCUT2D eigenvalue weighted by molar-refractivity contribution is 5.54. The number of benzene rings is 1. The third-order valence-corrected chi connectivity index (χ3v) is 2.87. The summed E-state index contributed by atoms with van der Waals surface area (Å²) in [5.41, 5.74) is 6.85. The molecule has 0 spiro atoms. The van der Waals surface area contributed by atoms with E-state index in [1.54, 1.807) is 0 Å². The van der Waals surface area contributed by atoms with Crippen molar-refractivity contribution in [2.75, 3.05) is 6.61 Å².